The van der Waals surface area contributed by atoms with Crippen molar-refractivity contribution >= 4 is 12.6 Å². The van der Waals surface area contributed by atoms with E-state index in [1.54, 1.807) is 0 Å². The highest BCUT2D eigenvalue weighted by Gasteiger charge is 2.52. The van der Waals surface area contributed by atoms with E-state index in [4.69, 9.17) is 9.31 Å². The van der Waals surface area contributed by atoms with Crippen LogP contribution in [0.15, 0.2) is 12.3 Å². The Labute approximate surface area is 99.3 Å². The molecule has 6 heteroatoms. The minimum atomic E-state index is -1.14. The average molecular weight is 241 g/mol. The minimum absolute atomic E-state index is 0.0381. The van der Waals surface area contributed by atoms with Crippen molar-refractivity contribution in [3.63, 3.8) is 0 Å². The van der Waals surface area contributed by atoms with Crippen LogP contribution in [0.25, 0.3) is 0 Å². The maximum absolute atomic E-state index is 13.6. The zero-order valence-electron chi connectivity index (χ0n) is 10.3. The van der Waals surface area contributed by atoms with Crippen molar-refractivity contribution in [2.24, 2.45) is 0 Å². The van der Waals surface area contributed by atoms with Crippen LogP contribution in [0, 0.1) is 11.8 Å². The molecule has 1 saturated heterocycles. The van der Waals surface area contributed by atoms with E-state index in [-0.39, 0.29) is 5.46 Å². The molecular weight excluding hydrogens is 227 g/mol. The van der Waals surface area contributed by atoms with E-state index >= 15 is 0 Å². The van der Waals surface area contributed by atoms with Gasteiger partial charge in [-0.25, -0.2) is 9.37 Å². The summed E-state index contributed by atoms with van der Waals surface area (Å²) in [6.45, 7) is 7.40. The molecule has 0 aromatic carbocycles. The van der Waals surface area contributed by atoms with Crippen LogP contribution in [0.3, 0.4) is 0 Å². The Kier molecular flexibility index (Phi) is 2.74. The van der Waals surface area contributed by atoms with Crippen molar-refractivity contribution in [2.45, 2.75) is 38.9 Å². The molecule has 0 amide bonds. The van der Waals surface area contributed by atoms with Crippen LogP contribution < -0.4 is 5.46 Å². The standard InChI is InChI=1S/C11H14BF2NO2/c1-10(2)11(3,4)17-12(16-10)7-5-6-15-9(14)8(7)13/h5-6H,1-4H3. The molecule has 1 fully saturated rings. The SMILES string of the molecule is CC1(C)OB(c2ccnc(F)c2F)OC1(C)C. The molecule has 0 bridgehead atoms. The number of pyridine rings is 1. The number of aromatic nitrogens is 1. The molecule has 1 aliphatic heterocycles. The van der Waals surface area contributed by atoms with Crippen LogP contribution in [0.2, 0.25) is 0 Å². The summed E-state index contributed by atoms with van der Waals surface area (Å²) in [5.41, 5.74) is -1.12. The summed E-state index contributed by atoms with van der Waals surface area (Å²) >= 11 is 0. The van der Waals surface area contributed by atoms with E-state index in [0.29, 0.717) is 0 Å². The first-order chi connectivity index (χ1) is 7.74. The summed E-state index contributed by atoms with van der Waals surface area (Å²) in [5.74, 6) is -2.16. The quantitative estimate of drug-likeness (QED) is 0.553. The fourth-order valence-corrected chi connectivity index (χ4v) is 1.58. The topological polar surface area (TPSA) is 31.4 Å². The molecule has 0 atom stereocenters. The molecule has 0 spiro atoms. The van der Waals surface area contributed by atoms with Gasteiger partial charge in [0.25, 0.3) is 0 Å². The Morgan fingerprint density at radius 2 is 1.65 bits per heavy atom. The molecule has 2 rings (SSSR count). The number of halogens is 2. The van der Waals surface area contributed by atoms with Gasteiger partial charge in [0.15, 0.2) is 5.82 Å². The fourth-order valence-electron chi connectivity index (χ4n) is 1.58. The Bertz CT molecular complexity index is 435. The highest BCUT2D eigenvalue weighted by molar-refractivity contribution is 6.62. The minimum Gasteiger partial charge on any atom is -0.399 e. The molecule has 1 aromatic rings. The van der Waals surface area contributed by atoms with E-state index in [1.807, 2.05) is 27.7 Å². The highest BCUT2D eigenvalue weighted by Crippen LogP contribution is 2.36. The predicted molar refractivity (Wildman–Crippen MR) is 59.9 cm³/mol. The lowest BCUT2D eigenvalue weighted by molar-refractivity contribution is 0.00578. The number of nitrogens with zero attached hydrogens (tertiary/aromatic N) is 1. The van der Waals surface area contributed by atoms with Crippen LogP contribution in [0.1, 0.15) is 27.7 Å². The largest absolute Gasteiger partial charge is 0.498 e. The summed E-state index contributed by atoms with van der Waals surface area (Å²) in [4.78, 5) is 3.23. The van der Waals surface area contributed by atoms with E-state index < -0.39 is 30.1 Å². The number of rotatable bonds is 1. The van der Waals surface area contributed by atoms with Crippen LogP contribution in [0.5, 0.6) is 0 Å². The lowest BCUT2D eigenvalue weighted by Crippen LogP contribution is -2.41. The molecule has 0 unspecified atom stereocenters. The van der Waals surface area contributed by atoms with Crippen molar-refractivity contribution in [1.82, 2.24) is 4.98 Å². The monoisotopic (exact) mass is 241 g/mol. The third-order valence-electron chi connectivity index (χ3n) is 3.38. The van der Waals surface area contributed by atoms with Crippen LogP contribution in [-0.4, -0.2) is 23.3 Å². The lowest BCUT2D eigenvalue weighted by Gasteiger charge is -2.32. The maximum Gasteiger partial charge on any atom is 0.498 e. The van der Waals surface area contributed by atoms with Gasteiger partial charge in [0.2, 0.25) is 5.95 Å². The molecule has 0 aliphatic carbocycles. The van der Waals surface area contributed by atoms with Crippen molar-refractivity contribution in [3.8, 4) is 0 Å². The third kappa shape index (κ3) is 1.95. The summed E-state index contributed by atoms with van der Waals surface area (Å²) < 4.78 is 37.8. The first kappa shape index (κ1) is 12.5. The second-order valence-electron chi connectivity index (χ2n) is 5.09. The number of hydrogen-bond acceptors (Lipinski definition) is 3. The van der Waals surface area contributed by atoms with Crippen molar-refractivity contribution in [1.29, 1.82) is 0 Å². The Morgan fingerprint density at radius 1 is 1.12 bits per heavy atom. The van der Waals surface area contributed by atoms with Gasteiger partial charge in [0.05, 0.1) is 11.2 Å². The second-order valence-corrected chi connectivity index (χ2v) is 5.09. The Hall–Kier alpha value is -1.01. The molecule has 3 nitrogen and oxygen atoms in total. The van der Waals surface area contributed by atoms with E-state index in [9.17, 15) is 8.78 Å². The molecule has 0 N–H and O–H groups in total. The molecule has 1 aromatic heterocycles. The molecule has 1 aliphatic rings. The van der Waals surface area contributed by atoms with Gasteiger partial charge in [0, 0.05) is 11.7 Å². The lowest BCUT2D eigenvalue weighted by atomic mass is 9.79. The normalized spacial score (nSPS) is 21.9. The zero-order chi connectivity index (χ0) is 12.8. The summed E-state index contributed by atoms with van der Waals surface area (Å²) in [6, 6.07) is 1.36. The summed E-state index contributed by atoms with van der Waals surface area (Å²) in [6.07, 6.45) is 1.19. The van der Waals surface area contributed by atoms with E-state index in [2.05, 4.69) is 4.98 Å². The van der Waals surface area contributed by atoms with Crippen LogP contribution in [-0.2, 0) is 9.31 Å². The first-order valence-corrected chi connectivity index (χ1v) is 5.40. The summed E-state index contributed by atoms with van der Waals surface area (Å²) in [5, 5.41) is 0. The molecule has 17 heavy (non-hydrogen) atoms. The number of hydrogen-bond donors (Lipinski definition) is 0. The van der Waals surface area contributed by atoms with Gasteiger partial charge in [-0.1, -0.05) is 0 Å². The van der Waals surface area contributed by atoms with Gasteiger partial charge in [-0.05, 0) is 33.8 Å². The van der Waals surface area contributed by atoms with Gasteiger partial charge < -0.3 is 9.31 Å². The third-order valence-corrected chi connectivity index (χ3v) is 3.38. The van der Waals surface area contributed by atoms with Gasteiger partial charge >= 0.3 is 7.12 Å². The fraction of sp³-hybridized carbons (Fsp3) is 0.545. The van der Waals surface area contributed by atoms with Gasteiger partial charge in [-0.3, -0.25) is 0 Å². The predicted octanol–water partition coefficient (Wildman–Crippen LogP) is 1.66. The van der Waals surface area contributed by atoms with Gasteiger partial charge in [-0.2, -0.15) is 4.39 Å². The second kappa shape index (κ2) is 3.75. The molecule has 0 saturated carbocycles. The van der Waals surface area contributed by atoms with E-state index in [1.165, 1.54) is 12.3 Å². The van der Waals surface area contributed by atoms with Crippen LogP contribution >= 0.6 is 0 Å². The molecule has 0 radical (unpaired) electrons. The summed E-state index contributed by atoms with van der Waals surface area (Å²) in [7, 11) is -0.905. The average Bonchev–Trinajstić information content (AvgIpc) is 2.40. The van der Waals surface area contributed by atoms with Crippen molar-refractivity contribution in [2.75, 3.05) is 0 Å². The van der Waals surface area contributed by atoms with Gasteiger partial charge in [-0.15, -0.1) is 0 Å². The molecular formula is C11H14BF2NO2. The smallest absolute Gasteiger partial charge is 0.399 e. The van der Waals surface area contributed by atoms with Gasteiger partial charge in [0.1, 0.15) is 0 Å². The van der Waals surface area contributed by atoms with E-state index in [0.717, 1.165) is 0 Å². The zero-order valence-corrected chi connectivity index (χ0v) is 10.3. The first-order valence-electron chi connectivity index (χ1n) is 5.40. The van der Waals surface area contributed by atoms with Crippen LogP contribution in [0.4, 0.5) is 8.78 Å². The Morgan fingerprint density at radius 3 is 2.18 bits per heavy atom. The molecule has 92 valence electrons. The maximum atomic E-state index is 13.6. The molecule has 2 heterocycles. The van der Waals surface area contributed by atoms with Crippen molar-refractivity contribution < 1.29 is 18.1 Å². The highest BCUT2D eigenvalue weighted by atomic mass is 19.2. The Balaban J connectivity index is 2.36. The van der Waals surface area contributed by atoms with Crippen molar-refractivity contribution in [3.05, 3.63) is 24.0 Å².